The first-order chi connectivity index (χ1) is 23.0. The second-order valence-corrected chi connectivity index (χ2v) is 16.4. The fraction of sp³-hybridized carbons (Fsp3) is 0.235. The number of nitrogens with one attached hydrogen (secondary N) is 2. The Morgan fingerprint density at radius 2 is 1.67 bits per heavy atom. The summed E-state index contributed by atoms with van der Waals surface area (Å²) in [6, 6.07) is 19.2. The van der Waals surface area contributed by atoms with Crippen molar-refractivity contribution in [2.75, 3.05) is 5.32 Å². The number of amides is 3. The van der Waals surface area contributed by atoms with Gasteiger partial charge in [-0.15, -0.1) is 11.3 Å². The number of thiophene rings is 1. The van der Waals surface area contributed by atoms with Crippen molar-refractivity contribution >= 4 is 63.2 Å². The van der Waals surface area contributed by atoms with Crippen LogP contribution in [0.25, 0.3) is 20.5 Å². The van der Waals surface area contributed by atoms with E-state index in [1.54, 1.807) is 39.1 Å². The van der Waals surface area contributed by atoms with E-state index in [2.05, 4.69) is 15.6 Å². The normalized spacial score (nSPS) is 15.6. The summed E-state index contributed by atoms with van der Waals surface area (Å²) in [5.41, 5.74) is -3.73. The lowest BCUT2D eigenvalue weighted by atomic mass is 9.85. The lowest BCUT2D eigenvalue weighted by molar-refractivity contribution is -0.142. The summed E-state index contributed by atoms with van der Waals surface area (Å²) in [6.45, 7) is 5.45. The fourth-order valence-corrected chi connectivity index (χ4v) is 7.89. The molecule has 2 atom stereocenters. The van der Waals surface area contributed by atoms with E-state index in [1.807, 2.05) is 42.5 Å². The Balaban J connectivity index is 1.26. The molecule has 0 saturated carbocycles. The third-order valence-electron chi connectivity index (χ3n) is 8.17. The van der Waals surface area contributed by atoms with Gasteiger partial charge in [0, 0.05) is 23.0 Å². The maximum atomic E-state index is 14.4. The van der Waals surface area contributed by atoms with Crippen LogP contribution in [0.3, 0.4) is 0 Å². The summed E-state index contributed by atoms with van der Waals surface area (Å²) < 4.78 is 40.6. The molecule has 6 rings (SSSR count). The predicted octanol–water partition coefficient (Wildman–Crippen LogP) is 7.12. The Labute approximate surface area is 288 Å². The van der Waals surface area contributed by atoms with E-state index < -0.39 is 54.0 Å². The van der Waals surface area contributed by atoms with Crippen molar-refractivity contribution in [1.82, 2.24) is 15.2 Å². The second kappa shape index (κ2) is 12.8. The first kappa shape index (κ1) is 34.5. The summed E-state index contributed by atoms with van der Waals surface area (Å²) in [6.07, 6.45) is 1.67. The average molecular weight is 725 g/mol. The molecular weight excluding hydrogens is 694 g/mol. The Morgan fingerprint density at radius 1 is 0.980 bits per heavy atom. The van der Waals surface area contributed by atoms with E-state index in [0.29, 0.717) is 15.4 Å². The number of carbonyl (C=O) groups excluding carboxylic acids is 3. The lowest BCUT2D eigenvalue weighted by Crippen LogP contribution is -2.55. The molecule has 49 heavy (non-hydrogen) atoms. The van der Waals surface area contributed by atoms with Gasteiger partial charge in [-0.05, 0) is 45.7 Å². The molecule has 254 valence electrons. The number of carbonyl (C=O) groups is 3. The molecule has 0 saturated heterocycles. The van der Waals surface area contributed by atoms with Crippen molar-refractivity contribution < 1.29 is 37.5 Å². The quantitative estimate of drug-likeness (QED) is 0.125. The highest BCUT2D eigenvalue weighted by Crippen LogP contribution is 2.59. The molecule has 0 bridgehead atoms. The number of rotatable bonds is 8. The molecule has 10 nitrogen and oxygen atoms in total. The third kappa shape index (κ3) is 6.79. The van der Waals surface area contributed by atoms with Gasteiger partial charge >= 0.3 is 13.3 Å². The monoisotopic (exact) mass is 724 g/mol. The predicted molar refractivity (Wildman–Crippen MR) is 184 cm³/mol. The summed E-state index contributed by atoms with van der Waals surface area (Å²) in [7, 11) is -5.79. The molecule has 0 fully saturated rings. The lowest BCUT2D eigenvalue weighted by Gasteiger charge is -2.35. The summed E-state index contributed by atoms with van der Waals surface area (Å²) in [5.74, 6) is -1.60. The Kier molecular flexibility index (Phi) is 9.05. The molecule has 2 aromatic heterocycles. The highest BCUT2D eigenvalue weighted by atomic mass is 32.1. The van der Waals surface area contributed by atoms with E-state index >= 15 is 0 Å². The zero-order valence-electron chi connectivity index (χ0n) is 26.4. The maximum absolute atomic E-state index is 14.4. The smallest absolute Gasteiger partial charge is 0.339 e. The Hall–Kier alpha value is -4.33. The van der Waals surface area contributed by atoms with Crippen molar-refractivity contribution in [3.8, 4) is 10.4 Å². The maximum Gasteiger partial charge on any atom is 0.399 e. The van der Waals surface area contributed by atoms with Crippen LogP contribution in [0.4, 0.5) is 13.9 Å². The van der Waals surface area contributed by atoms with Gasteiger partial charge in [0.2, 0.25) is 5.91 Å². The molecule has 0 spiro atoms. The molecule has 5 aromatic rings. The minimum atomic E-state index is -5.79. The molecule has 0 unspecified atom stereocenters. The van der Waals surface area contributed by atoms with Gasteiger partial charge in [0.25, 0.3) is 11.8 Å². The van der Waals surface area contributed by atoms with Crippen LogP contribution < -0.4 is 10.6 Å². The van der Waals surface area contributed by atoms with Crippen LogP contribution in [-0.4, -0.2) is 43.4 Å². The molecule has 1 aliphatic heterocycles. The number of hydrogen-bond acceptors (Lipinski definition) is 7. The van der Waals surface area contributed by atoms with E-state index in [-0.39, 0.29) is 16.8 Å². The zero-order valence-corrected chi connectivity index (χ0v) is 28.9. The molecule has 0 aliphatic carbocycles. The average Bonchev–Trinajstić information content (AvgIpc) is 3.79. The van der Waals surface area contributed by atoms with Crippen LogP contribution in [0.5, 0.6) is 0 Å². The van der Waals surface area contributed by atoms with Gasteiger partial charge in [-0.3, -0.25) is 24.3 Å². The summed E-state index contributed by atoms with van der Waals surface area (Å²) in [5, 5.41) is 6.23. The number of fused-ring (bicyclic) bond motifs is 2. The Morgan fingerprint density at radius 3 is 2.37 bits per heavy atom. The fourth-order valence-electron chi connectivity index (χ4n) is 5.64. The van der Waals surface area contributed by atoms with Gasteiger partial charge in [-0.25, -0.2) is 4.98 Å². The molecule has 3 aromatic carbocycles. The molecule has 3 amide bonds. The van der Waals surface area contributed by atoms with Crippen LogP contribution in [0, 0.1) is 5.41 Å². The summed E-state index contributed by atoms with van der Waals surface area (Å²) >= 11 is 2.28. The number of anilines is 1. The van der Waals surface area contributed by atoms with E-state index in [4.69, 9.17) is 9.79 Å². The van der Waals surface area contributed by atoms with Gasteiger partial charge < -0.3 is 20.0 Å². The minimum Gasteiger partial charge on any atom is -0.339 e. The van der Waals surface area contributed by atoms with Crippen molar-refractivity contribution in [1.29, 1.82) is 0 Å². The molecular formula is C34H31F2N4O6PS2. The number of alkyl halides is 2. The van der Waals surface area contributed by atoms with Crippen molar-refractivity contribution in [2.24, 2.45) is 5.41 Å². The number of halogens is 2. The zero-order chi connectivity index (χ0) is 35.3. The molecule has 15 heteroatoms. The van der Waals surface area contributed by atoms with E-state index in [0.717, 1.165) is 39.5 Å². The number of aromatic nitrogens is 1. The minimum absolute atomic E-state index is 0.102. The van der Waals surface area contributed by atoms with Gasteiger partial charge in [0.1, 0.15) is 12.1 Å². The van der Waals surface area contributed by atoms with E-state index in [1.165, 1.54) is 28.4 Å². The molecule has 4 N–H and O–H groups in total. The van der Waals surface area contributed by atoms with Gasteiger partial charge in [0.15, 0.2) is 5.13 Å². The molecule has 1 aliphatic rings. The van der Waals surface area contributed by atoms with Gasteiger partial charge in [0.05, 0.1) is 9.75 Å². The van der Waals surface area contributed by atoms with Crippen LogP contribution >= 0.6 is 30.3 Å². The second-order valence-electron chi connectivity index (χ2n) is 12.7. The van der Waals surface area contributed by atoms with Crippen molar-refractivity contribution in [2.45, 2.75) is 45.1 Å². The highest BCUT2D eigenvalue weighted by molar-refractivity contribution is 7.52. The third-order valence-corrected chi connectivity index (χ3v) is 11.2. The van der Waals surface area contributed by atoms with Gasteiger partial charge in [-0.1, -0.05) is 92.8 Å². The highest BCUT2D eigenvalue weighted by Gasteiger charge is 2.50. The summed E-state index contributed by atoms with van der Waals surface area (Å²) in [4.78, 5) is 66.9. The van der Waals surface area contributed by atoms with Crippen LogP contribution in [0.15, 0.2) is 85.1 Å². The number of thiazole rings is 1. The largest absolute Gasteiger partial charge is 0.399 e. The topological polar surface area (TPSA) is 149 Å². The van der Waals surface area contributed by atoms with Crippen molar-refractivity contribution in [3.63, 3.8) is 0 Å². The van der Waals surface area contributed by atoms with Gasteiger partial charge in [-0.2, -0.15) is 8.78 Å². The molecule has 3 heterocycles. The SMILES string of the molecule is CC(C)(C)[C@H](NC(=O)c1cc2cc(C(F)(F)P(=O)(O)O)ccc2s1)C(=O)N1Cc2ccccc2[C@H]1C(=O)Nc1ncc(-c2ccccc2)s1. The van der Waals surface area contributed by atoms with Crippen LogP contribution in [-0.2, 0) is 26.4 Å². The van der Waals surface area contributed by atoms with Crippen LogP contribution in [0.2, 0.25) is 0 Å². The first-order valence-electron chi connectivity index (χ1n) is 15.0. The van der Waals surface area contributed by atoms with Crippen molar-refractivity contribution in [3.05, 3.63) is 107 Å². The Bertz CT molecular complexity index is 2130. The molecule has 0 radical (unpaired) electrons. The number of nitrogens with zero attached hydrogens (tertiary/aromatic N) is 2. The number of hydrogen-bond donors (Lipinski definition) is 4. The standard InChI is InChI=1S/C34H31F2N4O6PS2/c1-33(2,3)28(38-29(41)25-16-21-15-22(13-14-24(21)48-25)34(35,36)47(44,45)46)31(43)40-18-20-11-7-8-12-23(20)27(40)30(42)39-32-37-17-26(49-32)19-9-5-4-6-10-19/h4-17,27-28H,18H2,1-3H3,(H,38,41)(H,37,39,42)(H2,44,45,46)/t27-,28+/m0/s1. The van der Waals surface area contributed by atoms with Crippen LogP contribution in [0.1, 0.15) is 53.2 Å². The number of benzene rings is 3. The first-order valence-corrected chi connectivity index (χ1v) is 18.3. The van der Waals surface area contributed by atoms with E-state index in [9.17, 15) is 27.7 Å².